The molecule has 0 bridgehead atoms. The van der Waals surface area contributed by atoms with Gasteiger partial charge in [-0.3, -0.25) is 4.79 Å². The zero-order valence-electron chi connectivity index (χ0n) is 13.4. The number of nitrogens with one attached hydrogen (secondary N) is 1. The van der Waals surface area contributed by atoms with Gasteiger partial charge in [0.1, 0.15) is 17.8 Å². The number of para-hydroxylation sites is 1. The van der Waals surface area contributed by atoms with Crippen molar-refractivity contribution in [3.05, 3.63) is 53.6 Å². The van der Waals surface area contributed by atoms with Gasteiger partial charge in [-0.2, -0.15) is 5.10 Å². The van der Waals surface area contributed by atoms with Crippen LogP contribution in [0.25, 0.3) is 11.0 Å². The molecular formula is C17H17N5O2. The molecule has 0 saturated carbocycles. The summed E-state index contributed by atoms with van der Waals surface area (Å²) in [6, 6.07) is 12.6. The minimum absolute atomic E-state index is 0.0110. The molecule has 1 amide bonds. The summed E-state index contributed by atoms with van der Waals surface area (Å²) < 4.78 is 1.51. The molecule has 7 heteroatoms. The third-order valence-electron chi connectivity index (χ3n) is 3.60. The number of amides is 1. The molecule has 7 nitrogen and oxygen atoms in total. The second-order valence-electron chi connectivity index (χ2n) is 5.49. The molecule has 1 aromatic heterocycles. The molecule has 0 spiro atoms. The monoisotopic (exact) mass is 323 g/mol. The Morgan fingerprint density at radius 2 is 2.08 bits per heavy atom. The standard InChI is InChI=1S/C17H17N5O2/c1-11-7-8-16(23)13(9-11)12(2)18-20-17(24)10-22-15-6-4-3-5-14(15)19-21-22/h3-9,23H,10H2,1-2H3,(H,20,24)/b18-12+. The lowest BCUT2D eigenvalue weighted by Crippen LogP contribution is -2.24. The zero-order valence-corrected chi connectivity index (χ0v) is 13.4. The smallest absolute Gasteiger partial charge is 0.261 e. The molecule has 2 aromatic carbocycles. The van der Waals surface area contributed by atoms with Crippen molar-refractivity contribution in [3.63, 3.8) is 0 Å². The number of carbonyl (C=O) groups is 1. The fourth-order valence-electron chi connectivity index (χ4n) is 2.35. The molecular weight excluding hydrogens is 306 g/mol. The molecule has 0 saturated heterocycles. The molecule has 0 unspecified atom stereocenters. The summed E-state index contributed by atoms with van der Waals surface area (Å²) >= 11 is 0. The van der Waals surface area contributed by atoms with Crippen LogP contribution in [0.1, 0.15) is 18.1 Å². The van der Waals surface area contributed by atoms with Crippen molar-refractivity contribution < 1.29 is 9.90 Å². The number of aromatic hydroxyl groups is 1. The van der Waals surface area contributed by atoms with Crippen molar-refractivity contribution in [2.24, 2.45) is 5.10 Å². The van der Waals surface area contributed by atoms with Crippen LogP contribution in [0, 0.1) is 6.92 Å². The van der Waals surface area contributed by atoms with E-state index in [0.29, 0.717) is 11.3 Å². The van der Waals surface area contributed by atoms with Crippen LogP contribution in [0.4, 0.5) is 0 Å². The van der Waals surface area contributed by atoms with E-state index in [2.05, 4.69) is 20.8 Å². The van der Waals surface area contributed by atoms with Crippen LogP contribution in [0.5, 0.6) is 5.75 Å². The summed E-state index contributed by atoms with van der Waals surface area (Å²) in [5, 5.41) is 21.9. The first-order valence-electron chi connectivity index (χ1n) is 7.46. The maximum Gasteiger partial charge on any atom is 0.261 e. The van der Waals surface area contributed by atoms with E-state index in [4.69, 9.17) is 0 Å². The van der Waals surface area contributed by atoms with Gasteiger partial charge in [-0.05, 0) is 38.1 Å². The van der Waals surface area contributed by atoms with Gasteiger partial charge in [-0.1, -0.05) is 29.0 Å². The van der Waals surface area contributed by atoms with E-state index in [-0.39, 0.29) is 18.2 Å². The Morgan fingerprint density at radius 3 is 2.92 bits per heavy atom. The highest BCUT2D eigenvalue weighted by atomic mass is 16.3. The summed E-state index contributed by atoms with van der Waals surface area (Å²) in [6.45, 7) is 3.65. The molecule has 0 radical (unpaired) electrons. The number of carbonyl (C=O) groups excluding carboxylic acids is 1. The van der Waals surface area contributed by atoms with Gasteiger partial charge in [0.25, 0.3) is 5.91 Å². The van der Waals surface area contributed by atoms with Gasteiger partial charge >= 0.3 is 0 Å². The first-order valence-corrected chi connectivity index (χ1v) is 7.46. The van der Waals surface area contributed by atoms with Crippen molar-refractivity contribution in [1.29, 1.82) is 0 Å². The number of aromatic nitrogens is 3. The molecule has 0 aliphatic carbocycles. The predicted molar refractivity (Wildman–Crippen MR) is 90.7 cm³/mol. The number of hydrogen-bond acceptors (Lipinski definition) is 5. The van der Waals surface area contributed by atoms with Gasteiger partial charge in [-0.15, -0.1) is 5.10 Å². The van der Waals surface area contributed by atoms with Crippen LogP contribution in [0.15, 0.2) is 47.6 Å². The largest absolute Gasteiger partial charge is 0.507 e. The van der Waals surface area contributed by atoms with Crippen LogP contribution < -0.4 is 5.43 Å². The van der Waals surface area contributed by atoms with Crippen LogP contribution in [0.3, 0.4) is 0 Å². The number of hydrogen-bond donors (Lipinski definition) is 2. The first kappa shape index (κ1) is 15.7. The van der Waals surface area contributed by atoms with Crippen LogP contribution >= 0.6 is 0 Å². The van der Waals surface area contributed by atoms with Gasteiger partial charge in [0, 0.05) is 5.56 Å². The maximum atomic E-state index is 12.1. The number of fused-ring (bicyclic) bond motifs is 1. The molecule has 122 valence electrons. The average Bonchev–Trinajstić information content (AvgIpc) is 2.98. The van der Waals surface area contributed by atoms with Crippen molar-refractivity contribution in [3.8, 4) is 5.75 Å². The van der Waals surface area contributed by atoms with Crippen LogP contribution in [-0.4, -0.2) is 31.7 Å². The van der Waals surface area contributed by atoms with Crippen molar-refractivity contribution in [2.45, 2.75) is 20.4 Å². The SMILES string of the molecule is C/C(=N\NC(=O)Cn1nnc2ccccc21)c1cc(C)ccc1O. The summed E-state index contributed by atoms with van der Waals surface area (Å²) in [5.41, 5.74) is 6.10. The topological polar surface area (TPSA) is 92.4 Å². The highest BCUT2D eigenvalue weighted by Crippen LogP contribution is 2.18. The number of aryl methyl sites for hydroxylation is 1. The predicted octanol–water partition coefficient (Wildman–Crippen LogP) is 1.99. The Balaban J connectivity index is 1.72. The quantitative estimate of drug-likeness (QED) is 0.567. The third-order valence-corrected chi connectivity index (χ3v) is 3.60. The van der Waals surface area contributed by atoms with E-state index < -0.39 is 0 Å². The fraction of sp³-hybridized carbons (Fsp3) is 0.176. The van der Waals surface area contributed by atoms with E-state index in [1.807, 2.05) is 37.3 Å². The Kier molecular flexibility index (Phi) is 4.24. The van der Waals surface area contributed by atoms with E-state index in [1.165, 1.54) is 4.68 Å². The fourth-order valence-corrected chi connectivity index (χ4v) is 2.35. The van der Waals surface area contributed by atoms with Crippen LogP contribution in [-0.2, 0) is 11.3 Å². The number of rotatable bonds is 4. The summed E-state index contributed by atoms with van der Waals surface area (Å²) in [6.07, 6.45) is 0. The molecule has 3 aromatic rings. The summed E-state index contributed by atoms with van der Waals surface area (Å²) in [4.78, 5) is 12.1. The molecule has 3 rings (SSSR count). The van der Waals surface area contributed by atoms with Gasteiger partial charge in [0.2, 0.25) is 0 Å². The summed E-state index contributed by atoms with van der Waals surface area (Å²) in [5.74, 6) is -0.199. The Morgan fingerprint density at radius 1 is 1.29 bits per heavy atom. The number of phenolic OH excluding ortho intramolecular Hbond substituents is 1. The Labute approximate surface area is 138 Å². The van der Waals surface area contributed by atoms with Gasteiger partial charge < -0.3 is 5.11 Å². The van der Waals surface area contributed by atoms with Crippen molar-refractivity contribution in [1.82, 2.24) is 20.4 Å². The van der Waals surface area contributed by atoms with Gasteiger partial charge in [0.05, 0.1) is 11.2 Å². The van der Waals surface area contributed by atoms with E-state index >= 15 is 0 Å². The van der Waals surface area contributed by atoms with E-state index in [0.717, 1.165) is 16.6 Å². The van der Waals surface area contributed by atoms with Crippen molar-refractivity contribution in [2.75, 3.05) is 0 Å². The second kappa shape index (κ2) is 6.49. The molecule has 24 heavy (non-hydrogen) atoms. The molecule has 1 heterocycles. The van der Waals surface area contributed by atoms with E-state index in [1.54, 1.807) is 19.1 Å². The highest BCUT2D eigenvalue weighted by Gasteiger charge is 2.09. The number of phenols is 1. The van der Waals surface area contributed by atoms with Gasteiger partial charge in [-0.25, -0.2) is 10.1 Å². The van der Waals surface area contributed by atoms with Gasteiger partial charge in [0.15, 0.2) is 0 Å². The lowest BCUT2D eigenvalue weighted by atomic mass is 10.1. The average molecular weight is 323 g/mol. The lowest BCUT2D eigenvalue weighted by molar-refractivity contribution is -0.121. The Bertz CT molecular complexity index is 930. The molecule has 0 fully saturated rings. The lowest BCUT2D eigenvalue weighted by Gasteiger charge is -2.06. The minimum atomic E-state index is -0.322. The van der Waals surface area contributed by atoms with Crippen molar-refractivity contribution >= 4 is 22.7 Å². The number of hydrazone groups is 1. The zero-order chi connectivity index (χ0) is 17.1. The molecule has 2 N–H and O–H groups in total. The normalized spacial score (nSPS) is 11.7. The van der Waals surface area contributed by atoms with Crippen LogP contribution in [0.2, 0.25) is 0 Å². The molecule has 0 aliphatic rings. The first-order chi connectivity index (χ1) is 11.5. The highest BCUT2D eigenvalue weighted by molar-refractivity contribution is 6.01. The molecule has 0 aliphatic heterocycles. The molecule has 0 atom stereocenters. The number of benzene rings is 2. The third kappa shape index (κ3) is 3.24. The second-order valence-corrected chi connectivity index (χ2v) is 5.49. The minimum Gasteiger partial charge on any atom is -0.507 e. The Hall–Kier alpha value is -3.22. The summed E-state index contributed by atoms with van der Waals surface area (Å²) in [7, 11) is 0. The van der Waals surface area contributed by atoms with E-state index in [9.17, 15) is 9.90 Å². The maximum absolute atomic E-state index is 12.1. The number of nitrogens with zero attached hydrogens (tertiary/aromatic N) is 4.